The van der Waals surface area contributed by atoms with Gasteiger partial charge in [-0.05, 0) is 0 Å². The van der Waals surface area contributed by atoms with Crippen molar-refractivity contribution in [3.63, 3.8) is 0 Å². The van der Waals surface area contributed by atoms with Crippen molar-refractivity contribution in [1.82, 2.24) is 0 Å². The lowest BCUT2D eigenvalue weighted by Gasteiger charge is -2.09. The zero-order valence-electron chi connectivity index (χ0n) is 7.93. The van der Waals surface area contributed by atoms with Gasteiger partial charge in [0.25, 0.3) is 0 Å². The summed E-state index contributed by atoms with van der Waals surface area (Å²) in [5, 5.41) is 13.9. The van der Waals surface area contributed by atoms with Crippen molar-refractivity contribution in [2.75, 3.05) is 0 Å². The molecule has 0 bridgehead atoms. The Balaban J connectivity index is 0. The molecule has 0 spiro atoms. The van der Waals surface area contributed by atoms with Gasteiger partial charge in [0.2, 0.25) is 0 Å². The van der Waals surface area contributed by atoms with Gasteiger partial charge in [-0.1, -0.05) is 0 Å². The molecule has 0 atom stereocenters. The third-order valence-electron chi connectivity index (χ3n) is 0.746. The number of carbonyl (C=O) groups is 1. The molecule has 0 unspecified atom stereocenters. The first kappa shape index (κ1) is 20.0. The van der Waals surface area contributed by atoms with Crippen LogP contribution in [0.25, 0.3) is 0 Å². The predicted octanol–water partition coefficient (Wildman–Crippen LogP) is 0.925. The van der Waals surface area contributed by atoms with Crippen LogP contribution in [-0.2, 0) is 23.9 Å². The second-order valence-corrected chi connectivity index (χ2v) is 5.44. The van der Waals surface area contributed by atoms with Crippen molar-refractivity contribution < 1.29 is 61.8 Å². The topological polar surface area (TPSA) is 135 Å². The van der Waals surface area contributed by atoms with Gasteiger partial charge >= 0.3 is 37.4 Å². The van der Waals surface area contributed by atoms with Gasteiger partial charge in [0, 0.05) is 0 Å². The first-order valence-electron chi connectivity index (χ1n) is 3.19. The highest BCUT2D eigenvalue weighted by Gasteiger charge is 2.57. The molecule has 116 valence electrons. The molecule has 0 rings (SSSR count). The lowest BCUT2D eigenvalue weighted by Crippen LogP contribution is -2.34. The summed E-state index contributed by atoms with van der Waals surface area (Å²) in [6, 6.07) is 0. The van der Waals surface area contributed by atoms with E-state index in [1.807, 2.05) is 3.63 Å². The van der Waals surface area contributed by atoms with Crippen LogP contribution < -0.4 is 0 Å². The van der Waals surface area contributed by atoms with Gasteiger partial charge < -0.3 is 10.2 Å². The van der Waals surface area contributed by atoms with Crippen LogP contribution in [0.2, 0.25) is 0 Å². The monoisotopic (exact) mass is 344 g/mol. The summed E-state index contributed by atoms with van der Waals surface area (Å²) in [5.41, 5.74) is -12.5. The summed E-state index contributed by atoms with van der Waals surface area (Å²) < 4.78 is 110. The summed E-state index contributed by atoms with van der Waals surface area (Å²) in [4.78, 5) is 8.56. The summed E-state index contributed by atoms with van der Waals surface area (Å²) in [6.45, 7) is 0. The largest absolute Gasteiger partial charge is 0.524 e. The van der Waals surface area contributed by atoms with E-state index in [2.05, 4.69) is 0 Å². The zero-order chi connectivity index (χ0) is 16.3. The summed E-state index contributed by atoms with van der Waals surface area (Å²) in [6.07, 6.45) is -1.83. The maximum Gasteiger partial charge on any atom is 0.524 e. The van der Waals surface area contributed by atoms with E-state index in [1.54, 1.807) is 0 Å². The smallest absolute Gasteiger partial charge is 0.450 e. The van der Waals surface area contributed by atoms with Crippen molar-refractivity contribution in [1.29, 1.82) is 0 Å². The van der Waals surface area contributed by atoms with Crippen LogP contribution in [0.15, 0.2) is 0 Å². The third kappa shape index (κ3) is 7.01. The van der Waals surface area contributed by atoms with Crippen molar-refractivity contribution in [2.45, 2.75) is 11.0 Å². The third-order valence-corrected chi connectivity index (χ3v) is 3.31. The molecule has 2 N–H and O–H groups in total. The quantitative estimate of drug-likeness (QED) is 0.558. The molecular weight excluding hydrogens is 342 g/mol. The molecule has 0 aliphatic heterocycles. The van der Waals surface area contributed by atoms with Crippen LogP contribution in [0.4, 0.5) is 31.1 Å². The van der Waals surface area contributed by atoms with Crippen LogP contribution in [0, 0.1) is 0 Å². The second-order valence-electron chi connectivity index (χ2n) is 2.15. The summed E-state index contributed by atoms with van der Waals surface area (Å²) >= 11 is 0. The number of carboxylic acid groups (broad SMARTS) is 2. The maximum absolute atomic E-state index is 11.4. The van der Waals surface area contributed by atoms with Crippen LogP contribution >= 0.6 is 0 Å². The Morgan fingerprint density at radius 1 is 0.789 bits per heavy atom. The Labute approximate surface area is 100 Å². The molecule has 8 nitrogen and oxygen atoms in total. The highest BCUT2D eigenvalue weighted by molar-refractivity contribution is 8.00. The summed E-state index contributed by atoms with van der Waals surface area (Å²) in [7, 11) is -13.7. The van der Waals surface area contributed by atoms with E-state index in [1.165, 1.54) is 0 Å². The molecule has 0 saturated carbocycles. The average Bonchev–Trinajstić information content (AvgIpc) is 1.94. The highest BCUT2D eigenvalue weighted by atomic mass is 32.3. The van der Waals surface area contributed by atoms with Gasteiger partial charge in [0.05, 0.1) is 0 Å². The van der Waals surface area contributed by atoms with Gasteiger partial charge in [0.15, 0.2) is 0 Å². The lowest BCUT2D eigenvalue weighted by atomic mass is 11.5. The normalized spacial score (nSPS) is 13.4. The van der Waals surface area contributed by atoms with Crippen molar-refractivity contribution >= 4 is 26.4 Å². The standard InChI is InChI=1S/C2F6O5S2.CH2O3/c3-1(4,5)14(9,10)13-15(11,12)2(6,7)8;2-1(3)4/h;(H2,2,3,4). The number of hydrogen-bond donors (Lipinski definition) is 2. The van der Waals surface area contributed by atoms with E-state index in [-0.39, 0.29) is 0 Å². The fourth-order valence-corrected chi connectivity index (χ4v) is 1.76. The van der Waals surface area contributed by atoms with Crippen molar-refractivity contribution in [3.8, 4) is 0 Å². The van der Waals surface area contributed by atoms with Crippen LogP contribution in [0.3, 0.4) is 0 Å². The van der Waals surface area contributed by atoms with Crippen LogP contribution in [0.5, 0.6) is 0 Å². The van der Waals surface area contributed by atoms with E-state index in [4.69, 9.17) is 15.0 Å². The Hall–Kier alpha value is -1.29. The predicted molar refractivity (Wildman–Crippen MR) is 41.7 cm³/mol. The molecule has 19 heavy (non-hydrogen) atoms. The second kappa shape index (κ2) is 5.78. The Morgan fingerprint density at radius 2 is 0.947 bits per heavy atom. The summed E-state index contributed by atoms with van der Waals surface area (Å²) in [5.74, 6) is 0. The van der Waals surface area contributed by atoms with E-state index < -0.39 is 37.4 Å². The molecule has 0 aromatic heterocycles. The highest BCUT2D eigenvalue weighted by Crippen LogP contribution is 2.31. The maximum atomic E-state index is 11.4. The Bertz CT molecular complexity index is 464. The van der Waals surface area contributed by atoms with Gasteiger partial charge in [-0.25, -0.2) is 4.79 Å². The molecule has 0 fully saturated rings. The molecule has 0 amide bonds. The van der Waals surface area contributed by atoms with E-state index in [0.717, 1.165) is 0 Å². The minimum absolute atomic E-state index is 1.83. The van der Waals surface area contributed by atoms with E-state index in [0.29, 0.717) is 0 Å². The first-order chi connectivity index (χ1) is 7.94. The number of alkyl halides is 6. The van der Waals surface area contributed by atoms with Crippen molar-refractivity contribution in [2.24, 2.45) is 0 Å². The van der Waals surface area contributed by atoms with Gasteiger partial charge in [-0.2, -0.15) is 43.2 Å². The number of halogens is 6. The molecule has 16 heteroatoms. The van der Waals surface area contributed by atoms with Crippen LogP contribution in [0.1, 0.15) is 0 Å². The Kier molecular flexibility index (Phi) is 6.10. The molecule has 0 radical (unpaired) electrons. The van der Waals surface area contributed by atoms with Gasteiger partial charge in [-0.3, -0.25) is 0 Å². The molecule has 0 aliphatic rings. The fourth-order valence-electron chi connectivity index (χ4n) is 0.195. The van der Waals surface area contributed by atoms with E-state index >= 15 is 0 Å². The zero-order valence-corrected chi connectivity index (χ0v) is 9.56. The molecule has 0 aromatic carbocycles. The molecule has 0 aliphatic carbocycles. The lowest BCUT2D eigenvalue weighted by molar-refractivity contribution is -0.0585. The molecular formula is C3H2F6O8S2. The number of hydrogen-bond acceptors (Lipinski definition) is 6. The SMILES string of the molecule is O=C(O)O.O=S(=O)(OS(=O)(=O)C(F)(F)F)C(F)(F)F. The molecule has 0 aromatic rings. The average molecular weight is 344 g/mol. The number of rotatable bonds is 2. The molecule has 0 heterocycles. The molecule has 0 saturated heterocycles. The van der Waals surface area contributed by atoms with Crippen LogP contribution in [-0.4, -0.2) is 44.2 Å². The van der Waals surface area contributed by atoms with E-state index in [9.17, 15) is 43.2 Å². The van der Waals surface area contributed by atoms with Crippen molar-refractivity contribution in [3.05, 3.63) is 0 Å². The van der Waals surface area contributed by atoms with Gasteiger partial charge in [-0.15, -0.1) is 3.63 Å². The Morgan fingerprint density at radius 3 is 1.05 bits per heavy atom. The fraction of sp³-hybridized carbons (Fsp3) is 0.667. The first-order valence-corrected chi connectivity index (χ1v) is 6.01. The minimum atomic E-state index is -6.85. The minimum Gasteiger partial charge on any atom is -0.450 e. The van der Waals surface area contributed by atoms with Gasteiger partial charge in [0.1, 0.15) is 0 Å².